The second kappa shape index (κ2) is 7.20. The normalized spacial score (nSPS) is 11.1. The number of unbranched alkanes of at least 4 members (excludes halogenated alkanes) is 5. The third kappa shape index (κ3) is 4.03. The van der Waals surface area contributed by atoms with Gasteiger partial charge in [0.15, 0.2) is 0 Å². The van der Waals surface area contributed by atoms with Crippen molar-refractivity contribution in [1.29, 1.82) is 0 Å². The van der Waals surface area contributed by atoms with Crippen molar-refractivity contribution in [2.45, 2.75) is 51.9 Å². The van der Waals surface area contributed by atoms with E-state index in [9.17, 15) is 9.18 Å². The van der Waals surface area contributed by atoms with E-state index in [1.54, 1.807) is 0 Å². The van der Waals surface area contributed by atoms with Crippen molar-refractivity contribution in [2.75, 3.05) is 0 Å². The molecule has 5 heteroatoms. The number of carboxylic acid groups (broad SMARTS) is 1. The summed E-state index contributed by atoms with van der Waals surface area (Å²) < 4.78 is 13.4. The van der Waals surface area contributed by atoms with Gasteiger partial charge >= 0.3 is 5.97 Å². The third-order valence-electron chi connectivity index (χ3n) is 3.60. The molecule has 0 saturated heterocycles. The molecule has 0 fully saturated rings. The molecule has 1 aromatic heterocycles. The lowest BCUT2D eigenvalue weighted by molar-refractivity contribution is 0.0698. The highest BCUT2D eigenvalue weighted by atomic mass is 19.1. The van der Waals surface area contributed by atoms with Gasteiger partial charge in [0.25, 0.3) is 0 Å². The van der Waals surface area contributed by atoms with Gasteiger partial charge in [0.2, 0.25) is 0 Å². The van der Waals surface area contributed by atoms with Gasteiger partial charge in [0.05, 0.1) is 11.1 Å². The van der Waals surface area contributed by atoms with E-state index in [-0.39, 0.29) is 5.56 Å². The molecule has 114 valence electrons. The van der Waals surface area contributed by atoms with Crippen LogP contribution in [0.15, 0.2) is 12.1 Å². The average molecular weight is 292 g/mol. The molecule has 0 amide bonds. The van der Waals surface area contributed by atoms with Crippen LogP contribution < -0.4 is 0 Å². The molecule has 0 bridgehead atoms. The van der Waals surface area contributed by atoms with Crippen LogP contribution in [0.25, 0.3) is 11.0 Å². The predicted octanol–water partition coefficient (Wildman–Crippen LogP) is 4.30. The Morgan fingerprint density at radius 1 is 1.24 bits per heavy atom. The van der Waals surface area contributed by atoms with E-state index in [1.807, 2.05) is 0 Å². The lowest BCUT2D eigenvalue weighted by atomic mass is 10.1. The number of halogens is 1. The number of nitrogens with one attached hydrogen (secondary N) is 1. The Morgan fingerprint density at radius 2 is 1.95 bits per heavy atom. The maximum absolute atomic E-state index is 13.4. The Labute approximate surface area is 123 Å². The monoisotopic (exact) mass is 292 g/mol. The van der Waals surface area contributed by atoms with Crippen molar-refractivity contribution in [1.82, 2.24) is 9.97 Å². The SMILES string of the molecule is CCCCCCCCc1nc2c(C(=O)O)cc(F)cc2[nH]1. The number of carboxylic acids is 1. The van der Waals surface area contributed by atoms with Gasteiger partial charge in [-0.15, -0.1) is 0 Å². The van der Waals surface area contributed by atoms with Crippen LogP contribution in [0.5, 0.6) is 0 Å². The molecular weight excluding hydrogens is 271 g/mol. The minimum Gasteiger partial charge on any atom is -0.478 e. The number of aromatic nitrogens is 2. The summed E-state index contributed by atoms with van der Waals surface area (Å²) in [5.41, 5.74) is 0.703. The smallest absolute Gasteiger partial charge is 0.338 e. The first-order chi connectivity index (χ1) is 10.1. The number of aromatic carboxylic acids is 1. The summed E-state index contributed by atoms with van der Waals surface area (Å²) in [6, 6.07) is 2.31. The number of hydrogen-bond acceptors (Lipinski definition) is 2. The number of benzene rings is 1. The highest BCUT2D eigenvalue weighted by Gasteiger charge is 2.14. The van der Waals surface area contributed by atoms with Crippen LogP contribution in [0.1, 0.15) is 61.6 Å². The minimum absolute atomic E-state index is 0.0876. The third-order valence-corrected chi connectivity index (χ3v) is 3.60. The van der Waals surface area contributed by atoms with Gasteiger partial charge in [-0.1, -0.05) is 39.0 Å². The number of nitrogens with zero attached hydrogens (tertiary/aromatic N) is 1. The molecule has 0 unspecified atom stereocenters. The molecule has 0 saturated carbocycles. The zero-order valence-electron chi connectivity index (χ0n) is 12.3. The van der Waals surface area contributed by atoms with Crippen molar-refractivity contribution in [3.8, 4) is 0 Å². The second-order valence-corrected chi connectivity index (χ2v) is 5.36. The van der Waals surface area contributed by atoms with Crippen LogP contribution in [0.2, 0.25) is 0 Å². The molecule has 2 N–H and O–H groups in total. The van der Waals surface area contributed by atoms with Crippen LogP contribution in [0.4, 0.5) is 4.39 Å². The summed E-state index contributed by atoms with van der Waals surface area (Å²) in [7, 11) is 0. The first kappa shape index (κ1) is 15.5. The summed E-state index contributed by atoms with van der Waals surface area (Å²) >= 11 is 0. The number of hydrogen-bond donors (Lipinski definition) is 2. The zero-order valence-corrected chi connectivity index (χ0v) is 12.3. The van der Waals surface area contributed by atoms with E-state index in [0.29, 0.717) is 11.0 Å². The predicted molar refractivity (Wildman–Crippen MR) is 80.1 cm³/mol. The van der Waals surface area contributed by atoms with Crippen LogP contribution >= 0.6 is 0 Å². The maximum atomic E-state index is 13.4. The summed E-state index contributed by atoms with van der Waals surface area (Å²) in [4.78, 5) is 18.4. The molecule has 0 aliphatic heterocycles. The number of fused-ring (bicyclic) bond motifs is 1. The Kier molecular flexibility index (Phi) is 5.31. The number of imidazole rings is 1. The quantitative estimate of drug-likeness (QED) is 0.713. The number of rotatable bonds is 8. The molecule has 2 rings (SSSR count). The number of aryl methyl sites for hydroxylation is 1. The van der Waals surface area contributed by atoms with Gasteiger partial charge in [-0.3, -0.25) is 0 Å². The van der Waals surface area contributed by atoms with Crippen molar-refractivity contribution in [2.24, 2.45) is 0 Å². The molecule has 21 heavy (non-hydrogen) atoms. The van der Waals surface area contributed by atoms with Crippen molar-refractivity contribution in [3.63, 3.8) is 0 Å². The molecule has 0 aliphatic carbocycles. The van der Waals surface area contributed by atoms with E-state index in [1.165, 1.54) is 31.7 Å². The number of aromatic amines is 1. The first-order valence-corrected chi connectivity index (χ1v) is 7.53. The fourth-order valence-electron chi connectivity index (χ4n) is 2.49. The minimum atomic E-state index is -1.16. The molecule has 0 radical (unpaired) electrons. The standard InChI is InChI=1S/C16H21FN2O2/c1-2-3-4-5-6-7-8-14-18-13-10-11(17)9-12(16(20)21)15(13)19-14/h9-10H,2-8H2,1H3,(H,18,19)(H,20,21). The highest BCUT2D eigenvalue weighted by Crippen LogP contribution is 2.20. The van der Waals surface area contributed by atoms with Gasteiger partial charge in [0.1, 0.15) is 17.2 Å². The van der Waals surface area contributed by atoms with Crippen LogP contribution in [-0.2, 0) is 6.42 Å². The van der Waals surface area contributed by atoms with Gasteiger partial charge in [0, 0.05) is 6.42 Å². The van der Waals surface area contributed by atoms with Crippen LogP contribution in [0.3, 0.4) is 0 Å². The molecule has 0 atom stereocenters. The fraction of sp³-hybridized carbons (Fsp3) is 0.500. The van der Waals surface area contributed by atoms with Crippen molar-refractivity contribution >= 4 is 17.0 Å². The lowest BCUT2D eigenvalue weighted by Gasteiger charge is -1.98. The zero-order chi connectivity index (χ0) is 15.2. The van der Waals surface area contributed by atoms with Crippen LogP contribution in [0, 0.1) is 5.82 Å². The van der Waals surface area contributed by atoms with E-state index >= 15 is 0 Å². The second-order valence-electron chi connectivity index (χ2n) is 5.36. The van der Waals surface area contributed by atoms with Gasteiger partial charge in [-0.25, -0.2) is 14.2 Å². The van der Waals surface area contributed by atoms with E-state index in [0.717, 1.165) is 31.2 Å². The fourth-order valence-corrected chi connectivity index (χ4v) is 2.49. The Hall–Kier alpha value is -1.91. The van der Waals surface area contributed by atoms with E-state index in [2.05, 4.69) is 16.9 Å². The lowest BCUT2D eigenvalue weighted by Crippen LogP contribution is -1.98. The molecule has 0 spiro atoms. The van der Waals surface area contributed by atoms with E-state index < -0.39 is 11.8 Å². The number of carbonyl (C=O) groups is 1. The van der Waals surface area contributed by atoms with Gasteiger partial charge in [-0.2, -0.15) is 0 Å². The summed E-state index contributed by atoms with van der Waals surface area (Å²) in [6.07, 6.45) is 7.88. The van der Waals surface area contributed by atoms with Crippen LogP contribution in [-0.4, -0.2) is 21.0 Å². The van der Waals surface area contributed by atoms with Gasteiger partial charge < -0.3 is 10.1 Å². The Bertz CT molecular complexity index is 622. The average Bonchev–Trinajstić information content (AvgIpc) is 2.84. The van der Waals surface area contributed by atoms with E-state index in [4.69, 9.17) is 5.11 Å². The summed E-state index contributed by atoms with van der Waals surface area (Å²) in [5, 5.41) is 9.09. The molecular formula is C16H21FN2O2. The first-order valence-electron chi connectivity index (χ1n) is 7.53. The molecule has 1 heterocycles. The largest absolute Gasteiger partial charge is 0.478 e. The maximum Gasteiger partial charge on any atom is 0.338 e. The number of H-pyrrole nitrogens is 1. The summed E-state index contributed by atoms with van der Waals surface area (Å²) in [6.45, 7) is 2.19. The topological polar surface area (TPSA) is 66.0 Å². The molecule has 0 aliphatic rings. The van der Waals surface area contributed by atoms with Crippen molar-refractivity contribution in [3.05, 3.63) is 29.3 Å². The Morgan fingerprint density at radius 3 is 2.67 bits per heavy atom. The van der Waals surface area contributed by atoms with Crippen molar-refractivity contribution < 1.29 is 14.3 Å². The molecule has 2 aromatic rings. The highest BCUT2D eigenvalue weighted by molar-refractivity contribution is 6.00. The molecule has 1 aromatic carbocycles. The molecule has 4 nitrogen and oxygen atoms in total. The van der Waals surface area contributed by atoms with Gasteiger partial charge in [-0.05, 0) is 18.6 Å². The summed E-state index contributed by atoms with van der Waals surface area (Å²) in [5.74, 6) is -0.986. The Balaban J connectivity index is 2.02.